The third-order valence-electron chi connectivity index (χ3n) is 3.82. The summed E-state index contributed by atoms with van der Waals surface area (Å²) in [5, 5.41) is 3.26. The van der Waals surface area contributed by atoms with Crippen molar-refractivity contribution in [2.24, 2.45) is 0 Å². The molecular formula is C18H17ClN2O5. The third-order valence-corrected chi connectivity index (χ3v) is 4.06. The Morgan fingerprint density at radius 2 is 2.04 bits per heavy atom. The average Bonchev–Trinajstić information content (AvgIpc) is 2.62. The van der Waals surface area contributed by atoms with E-state index in [2.05, 4.69) is 5.32 Å². The number of nitrogens with zero attached hydrogens (tertiary/aromatic N) is 1. The quantitative estimate of drug-likeness (QED) is 0.638. The fourth-order valence-electron chi connectivity index (χ4n) is 2.64. The van der Waals surface area contributed by atoms with Crippen molar-refractivity contribution in [1.82, 2.24) is 0 Å². The maximum absolute atomic E-state index is 12.5. The summed E-state index contributed by atoms with van der Waals surface area (Å²) in [7, 11) is 3.05. The first kappa shape index (κ1) is 17.9. The average molecular weight is 377 g/mol. The van der Waals surface area contributed by atoms with Crippen LogP contribution in [-0.4, -0.2) is 39.2 Å². The molecule has 0 radical (unpaired) electrons. The molecule has 7 nitrogen and oxygen atoms in total. The molecule has 0 aliphatic carbocycles. The summed E-state index contributed by atoms with van der Waals surface area (Å²) in [6, 6.07) is 9.97. The Hall–Kier alpha value is -2.93. The van der Waals surface area contributed by atoms with Crippen molar-refractivity contribution in [2.75, 3.05) is 37.5 Å². The standard InChI is InChI=1S/C18H17ClN2O5/c1-24-12-4-6-15(25-2)13(8-12)20-17(22)9-21-10-18(23)26-16-5-3-11(19)7-14(16)21/h3-8H,9-10H2,1-2H3,(H,20,22). The Morgan fingerprint density at radius 3 is 2.77 bits per heavy atom. The van der Waals surface area contributed by atoms with Crippen molar-refractivity contribution in [1.29, 1.82) is 0 Å². The number of methoxy groups -OCH3 is 2. The van der Waals surface area contributed by atoms with Gasteiger partial charge in [-0.05, 0) is 30.3 Å². The number of hydrogen-bond acceptors (Lipinski definition) is 6. The number of fused-ring (bicyclic) bond motifs is 1. The lowest BCUT2D eigenvalue weighted by Crippen LogP contribution is -2.41. The predicted octanol–water partition coefficient (Wildman–Crippen LogP) is 2.72. The van der Waals surface area contributed by atoms with Crippen LogP contribution in [0, 0.1) is 0 Å². The van der Waals surface area contributed by atoms with Gasteiger partial charge in [0.2, 0.25) is 5.91 Å². The van der Waals surface area contributed by atoms with Crippen LogP contribution in [0.25, 0.3) is 0 Å². The molecule has 1 aliphatic heterocycles. The molecule has 1 amide bonds. The summed E-state index contributed by atoms with van der Waals surface area (Å²) in [6.45, 7) is -0.0984. The second-order valence-corrected chi connectivity index (χ2v) is 5.99. The van der Waals surface area contributed by atoms with Crippen LogP contribution in [0.5, 0.6) is 17.2 Å². The van der Waals surface area contributed by atoms with Gasteiger partial charge in [0, 0.05) is 11.1 Å². The normalized spacial score (nSPS) is 12.9. The zero-order valence-corrected chi connectivity index (χ0v) is 15.0. The highest BCUT2D eigenvalue weighted by Crippen LogP contribution is 2.34. The summed E-state index contributed by atoms with van der Waals surface area (Å²) < 4.78 is 15.6. The number of esters is 1. The van der Waals surface area contributed by atoms with Gasteiger partial charge in [-0.3, -0.25) is 4.79 Å². The van der Waals surface area contributed by atoms with E-state index in [9.17, 15) is 9.59 Å². The number of rotatable bonds is 5. The first-order valence-corrected chi connectivity index (χ1v) is 8.15. The molecule has 0 saturated heterocycles. The highest BCUT2D eigenvalue weighted by Gasteiger charge is 2.26. The Kier molecular flexibility index (Phi) is 5.18. The molecule has 26 heavy (non-hydrogen) atoms. The van der Waals surface area contributed by atoms with Gasteiger partial charge in [0.05, 0.1) is 32.1 Å². The summed E-state index contributed by atoms with van der Waals surface area (Å²) in [5.74, 6) is 0.696. The van der Waals surface area contributed by atoms with Crippen LogP contribution in [0.4, 0.5) is 11.4 Å². The molecular weight excluding hydrogens is 360 g/mol. The van der Waals surface area contributed by atoms with Crippen LogP contribution in [0.15, 0.2) is 36.4 Å². The van der Waals surface area contributed by atoms with E-state index in [1.165, 1.54) is 14.2 Å². The molecule has 8 heteroatoms. The Balaban J connectivity index is 1.79. The SMILES string of the molecule is COc1ccc(OC)c(NC(=O)CN2CC(=O)Oc3ccc(Cl)cc32)c1. The van der Waals surface area contributed by atoms with E-state index in [0.717, 1.165) is 0 Å². The van der Waals surface area contributed by atoms with E-state index in [4.69, 9.17) is 25.8 Å². The zero-order chi connectivity index (χ0) is 18.7. The minimum atomic E-state index is -0.438. The van der Waals surface area contributed by atoms with Crippen molar-refractivity contribution < 1.29 is 23.8 Å². The summed E-state index contributed by atoms with van der Waals surface area (Å²) >= 11 is 6.02. The molecule has 3 rings (SSSR count). The lowest BCUT2D eigenvalue weighted by molar-refractivity contribution is -0.133. The van der Waals surface area contributed by atoms with E-state index < -0.39 is 5.97 Å². The van der Waals surface area contributed by atoms with Gasteiger partial charge in [-0.2, -0.15) is 0 Å². The number of anilines is 2. The number of carbonyl (C=O) groups is 2. The van der Waals surface area contributed by atoms with E-state index >= 15 is 0 Å². The Morgan fingerprint density at radius 1 is 1.23 bits per heavy atom. The van der Waals surface area contributed by atoms with Gasteiger partial charge in [0.15, 0.2) is 5.75 Å². The molecule has 136 valence electrons. The molecule has 1 N–H and O–H groups in total. The molecule has 0 bridgehead atoms. The first-order valence-electron chi connectivity index (χ1n) is 7.77. The van der Waals surface area contributed by atoms with E-state index in [-0.39, 0.29) is 19.0 Å². The first-order chi connectivity index (χ1) is 12.5. The Labute approximate surface area is 155 Å². The number of ether oxygens (including phenoxy) is 3. The van der Waals surface area contributed by atoms with Crippen molar-refractivity contribution in [2.45, 2.75) is 0 Å². The van der Waals surface area contributed by atoms with Crippen LogP contribution < -0.4 is 24.4 Å². The van der Waals surface area contributed by atoms with Gasteiger partial charge in [0.1, 0.15) is 18.0 Å². The maximum Gasteiger partial charge on any atom is 0.331 e. The van der Waals surface area contributed by atoms with E-state index in [1.54, 1.807) is 41.3 Å². The Bertz CT molecular complexity index is 855. The smallest absolute Gasteiger partial charge is 0.331 e. The van der Waals surface area contributed by atoms with Crippen LogP contribution in [0.3, 0.4) is 0 Å². The molecule has 0 aromatic heterocycles. The van der Waals surface area contributed by atoms with Crippen LogP contribution in [-0.2, 0) is 9.59 Å². The van der Waals surface area contributed by atoms with Gasteiger partial charge in [-0.1, -0.05) is 11.6 Å². The van der Waals surface area contributed by atoms with Gasteiger partial charge in [-0.25, -0.2) is 4.79 Å². The maximum atomic E-state index is 12.5. The summed E-state index contributed by atoms with van der Waals surface area (Å²) in [4.78, 5) is 25.9. The third kappa shape index (κ3) is 3.83. The minimum absolute atomic E-state index is 0.0456. The topological polar surface area (TPSA) is 77.1 Å². The number of halogens is 1. The highest BCUT2D eigenvalue weighted by molar-refractivity contribution is 6.31. The molecule has 2 aromatic rings. The van der Waals surface area contributed by atoms with Crippen molar-refractivity contribution in [3.05, 3.63) is 41.4 Å². The molecule has 2 aromatic carbocycles. The largest absolute Gasteiger partial charge is 0.497 e. The molecule has 0 fully saturated rings. The number of hydrogen-bond donors (Lipinski definition) is 1. The minimum Gasteiger partial charge on any atom is -0.497 e. The van der Waals surface area contributed by atoms with E-state index in [1.807, 2.05) is 0 Å². The highest BCUT2D eigenvalue weighted by atomic mass is 35.5. The van der Waals surface area contributed by atoms with Crippen LogP contribution in [0.1, 0.15) is 0 Å². The van der Waals surface area contributed by atoms with Gasteiger partial charge < -0.3 is 24.4 Å². The monoisotopic (exact) mass is 376 g/mol. The van der Waals surface area contributed by atoms with E-state index in [0.29, 0.717) is 33.6 Å². The molecule has 0 saturated carbocycles. The molecule has 1 heterocycles. The molecule has 1 aliphatic rings. The fraction of sp³-hybridized carbons (Fsp3) is 0.222. The molecule has 0 spiro atoms. The fourth-order valence-corrected chi connectivity index (χ4v) is 2.80. The second kappa shape index (κ2) is 7.53. The van der Waals surface area contributed by atoms with Crippen LogP contribution in [0.2, 0.25) is 5.02 Å². The molecule has 0 unspecified atom stereocenters. The van der Waals surface area contributed by atoms with Crippen LogP contribution >= 0.6 is 11.6 Å². The molecule has 0 atom stereocenters. The lowest BCUT2D eigenvalue weighted by atomic mass is 10.2. The summed E-state index contributed by atoms with van der Waals surface area (Å²) in [5.41, 5.74) is 1.06. The number of benzene rings is 2. The van der Waals surface area contributed by atoms with Gasteiger partial charge in [-0.15, -0.1) is 0 Å². The van der Waals surface area contributed by atoms with Gasteiger partial charge in [0.25, 0.3) is 0 Å². The number of amides is 1. The number of nitrogens with one attached hydrogen (secondary N) is 1. The lowest BCUT2D eigenvalue weighted by Gasteiger charge is -2.29. The zero-order valence-electron chi connectivity index (χ0n) is 14.2. The summed E-state index contributed by atoms with van der Waals surface area (Å²) in [6.07, 6.45) is 0. The van der Waals surface area contributed by atoms with Gasteiger partial charge >= 0.3 is 5.97 Å². The predicted molar refractivity (Wildman–Crippen MR) is 97.5 cm³/mol. The van der Waals surface area contributed by atoms with Crippen molar-refractivity contribution in [3.63, 3.8) is 0 Å². The number of carbonyl (C=O) groups excluding carboxylic acids is 2. The second-order valence-electron chi connectivity index (χ2n) is 5.56. The van der Waals surface area contributed by atoms with Crippen molar-refractivity contribution >= 4 is 34.9 Å². The van der Waals surface area contributed by atoms with Crippen molar-refractivity contribution in [3.8, 4) is 17.2 Å².